The predicted octanol–water partition coefficient (Wildman–Crippen LogP) is 2.84. The normalized spacial score (nSPS) is 17.3. The molecule has 2 heterocycles. The summed E-state index contributed by atoms with van der Waals surface area (Å²) < 4.78 is 23.0. The zero-order chi connectivity index (χ0) is 18.7. The lowest BCUT2D eigenvalue weighted by Crippen LogP contribution is -2.39. The van der Waals surface area contributed by atoms with Gasteiger partial charge in [-0.2, -0.15) is 0 Å². The number of nitrogens with zero attached hydrogens (tertiary/aromatic N) is 2. The smallest absolute Gasteiger partial charge is 0.318 e. The Morgan fingerprint density at radius 2 is 1.96 bits per heavy atom. The van der Waals surface area contributed by atoms with E-state index in [4.69, 9.17) is 0 Å². The molecular weight excluding hydrogens is 350 g/mol. The SMILES string of the molecule is Cc1cccc(C2CCCN2C(=O)NCc2ccc(S(C)(=O)=O)cc2)n1. The maximum absolute atomic E-state index is 12.6. The molecule has 1 fully saturated rings. The van der Waals surface area contributed by atoms with E-state index in [-0.39, 0.29) is 17.0 Å². The second-order valence-corrected chi connectivity index (χ2v) is 8.65. The molecule has 0 saturated carbocycles. The third-order valence-electron chi connectivity index (χ3n) is 4.56. The summed E-state index contributed by atoms with van der Waals surface area (Å²) in [6.07, 6.45) is 3.04. The van der Waals surface area contributed by atoms with Crippen molar-refractivity contribution in [2.24, 2.45) is 0 Å². The molecule has 1 aliphatic heterocycles. The summed E-state index contributed by atoms with van der Waals surface area (Å²) in [4.78, 5) is 19.3. The van der Waals surface area contributed by atoms with E-state index in [9.17, 15) is 13.2 Å². The molecule has 26 heavy (non-hydrogen) atoms. The van der Waals surface area contributed by atoms with Crippen LogP contribution in [0.3, 0.4) is 0 Å². The van der Waals surface area contributed by atoms with E-state index in [2.05, 4.69) is 10.3 Å². The van der Waals surface area contributed by atoms with Gasteiger partial charge in [0.05, 0.1) is 16.6 Å². The molecular formula is C19H23N3O3S. The Bertz CT molecular complexity index is 895. The van der Waals surface area contributed by atoms with Crippen molar-refractivity contribution in [1.82, 2.24) is 15.2 Å². The number of rotatable bonds is 4. The number of likely N-dealkylation sites (tertiary alicyclic amines) is 1. The summed E-state index contributed by atoms with van der Waals surface area (Å²) in [6, 6.07) is 12.3. The van der Waals surface area contributed by atoms with E-state index < -0.39 is 9.84 Å². The van der Waals surface area contributed by atoms with Gasteiger partial charge in [0.1, 0.15) is 0 Å². The molecule has 7 heteroatoms. The molecule has 138 valence electrons. The zero-order valence-electron chi connectivity index (χ0n) is 15.0. The Labute approximate surface area is 154 Å². The van der Waals surface area contributed by atoms with Crippen LogP contribution >= 0.6 is 0 Å². The lowest BCUT2D eigenvalue weighted by atomic mass is 10.1. The van der Waals surface area contributed by atoms with E-state index in [0.717, 1.165) is 29.8 Å². The highest BCUT2D eigenvalue weighted by molar-refractivity contribution is 7.90. The summed E-state index contributed by atoms with van der Waals surface area (Å²) in [5.74, 6) is 0. The average molecular weight is 373 g/mol. The van der Waals surface area contributed by atoms with Gasteiger partial charge in [0.15, 0.2) is 9.84 Å². The van der Waals surface area contributed by atoms with Crippen LogP contribution in [0.25, 0.3) is 0 Å². The summed E-state index contributed by atoms with van der Waals surface area (Å²) in [7, 11) is -3.21. The number of amides is 2. The van der Waals surface area contributed by atoms with Gasteiger partial charge in [-0.25, -0.2) is 13.2 Å². The van der Waals surface area contributed by atoms with Crippen molar-refractivity contribution >= 4 is 15.9 Å². The fraction of sp³-hybridized carbons (Fsp3) is 0.368. The highest BCUT2D eigenvalue weighted by atomic mass is 32.2. The molecule has 1 aliphatic rings. The van der Waals surface area contributed by atoms with E-state index in [1.54, 1.807) is 24.3 Å². The number of benzene rings is 1. The molecule has 0 aliphatic carbocycles. The third kappa shape index (κ3) is 4.22. The predicted molar refractivity (Wildman–Crippen MR) is 99.4 cm³/mol. The van der Waals surface area contributed by atoms with Gasteiger partial charge in [0.25, 0.3) is 0 Å². The van der Waals surface area contributed by atoms with Crippen LogP contribution in [-0.2, 0) is 16.4 Å². The van der Waals surface area contributed by atoms with Gasteiger partial charge < -0.3 is 10.2 Å². The molecule has 1 aromatic heterocycles. The molecule has 1 unspecified atom stereocenters. The minimum atomic E-state index is -3.21. The first kappa shape index (κ1) is 18.4. The summed E-state index contributed by atoms with van der Waals surface area (Å²) in [6.45, 7) is 3.01. The minimum absolute atomic E-state index is 0.00232. The van der Waals surface area contributed by atoms with Crippen molar-refractivity contribution in [3.8, 4) is 0 Å². The van der Waals surface area contributed by atoms with Crippen LogP contribution in [0.5, 0.6) is 0 Å². The Morgan fingerprint density at radius 1 is 1.23 bits per heavy atom. The molecule has 1 aromatic carbocycles. The molecule has 3 rings (SSSR count). The molecule has 1 N–H and O–H groups in total. The van der Waals surface area contributed by atoms with Crippen LogP contribution in [0.2, 0.25) is 0 Å². The molecule has 6 nitrogen and oxygen atoms in total. The zero-order valence-corrected chi connectivity index (χ0v) is 15.8. The standard InChI is InChI=1S/C19H23N3O3S/c1-14-5-3-6-17(21-14)18-7-4-12-22(18)19(23)20-13-15-8-10-16(11-9-15)26(2,24)25/h3,5-6,8-11,18H,4,7,12-13H2,1-2H3,(H,20,23). The number of hydrogen-bond acceptors (Lipinski definition) is 4. The van der Waals surface area contributed by atoms with Gasteiger partial charge in [-0.15, -0.1) is 0 Å². The van der Waals surface area contributed by atoms with Crippen molar-refractivity contribution in [3.63, 3.8) is 0 Å². The van der Waals surface area contributed by atoms with Crippen LogP contribution in [0, 0.1) is 6.92 Å². The van der Waals surface area contributed by atoms with Crippen LogP contribution in [0.1, 0.15) is 35.8 Å². The molecule has 1 atom stereocenters. The molecule has 2 aromatic rings. The Kier molecular flexibility index (Phi) is 5.27. The molecule has 1 saturated heterocycles. The largest absolute Gasteiger partial charge is 0.334 e. The van der Waals surface area contributed by atoms with Gasteiger partial charge >= 0.3 is 6.03 Å². The number of aromatic nitrogens is 1. The monoisotopic (exact) mass is 373 g/mol. The quantitative estimate of drug-likeness (QED) is 0.894. The van der Waals surface area contributed by atoms with E-state index in [1.165, 1.54) is 6.26 Å². The topological polar surface area (TPSA) is 79.4 Å². The number of carbonyl (C=O) groups is 1. The number of urea groups is 1. The molecule has 0 radical (unpaired) electrons. The van der Waals surface area contributed by atoms with Crippen molar-refractivity contribution in [2.75, 3.05) is 12.8 Å². The first-order chi connectivity index (χ1) is 12.3. The molecule has 0 spiro atoms. The lowest BCUT2D eigenvalue weighted by Gasteiger charge is -2.25. The fourth-order valence-electron chi connectivity index (χ4n) is 3.20. The third-order valence-corrected chi connectivity index (χ3v) is 5.69. The van der Waals surface area contributed by atoms with Gasteiger partial charge in [-0.1, -0.05) is 18.2 Å². The second kappa shape index (κ2) is 7.45. The number of carbonyl (C=O) groups excluding carboxylic acids is 1. The maximum Gasteiger partial charge on any atom is 0.318 e. The fourth-order valence-corrected chi connectivity index (χ4v) is 3.83. The summed E-state index contributed by atoms with van der Waals surface area (Å²) in [5.41, 5.74) is 2.73. The Hall–Kier alpha value is -2.41. The summed E-state index contributed by atoms with van der Waals surface area (Å²) in [5, 5.41) is 2.92. The average Bonchev–Trinajstić information content (AvgIpc) is 3.09. The number of aryl methyl sites for hydroxylation is 1. The van der Waals surface area contributed by atoms with Crippen LogP contribution < -0.4 is 5.32 Å². The van der Waals surface area contributed by atoms with E-state index in [1.807, 2.05) is 30.0 Å². The van der Waals surface area contributed by atoms with Crippen LogP contribution in [0.4, 0.5) is 4.79 Å². The van der Waals surface area contributed by atoms with Crippen molar-refractivity contribution in [2.45, 2.75) is 37.2 Å². The highest BCUT2D eigenvalue weighted by Crippen LogP contribution is 2.30. The van der Waals surface area contributed by atoms with Crippen LogP contribution in [-0.4, -0.2) is 37.1 Å². The maximum atomic E-state index is 12.6. The first-order valence-electron chi connectivity index (χ1n) is 8.61. The summed E-state index contributed by atoms with van der Waals surface area (Å²) >= 11 is 0. The number of nitrogens with one attached hydrogen (secondary N) is 1. The van der Waals surface area contributed by atoms with Gasteiger partial charge in [0, 0.05) is 25.0 Å². The van der Waals surface area contributed by atoms with Crippen molar-refractivity contribution in [1.29, 1.82) is 0 Å². The van der Waals surface area contributed by atoms with E-state index in [0.29, 0.717) is 13.1 Å². The Morgan fingerprint density at radius 3 is 2.62 bits per heavy atom. The number of pyridine rings is 1. The van der Waals surface area contributed by atoms with E-state index >= 15 is 0 Å². The van der Waals surface area contributed by atoms with Crippen LogP contribution in [0.15, 0.2) is 47.4 Å². The minimum Gasteiger partial charge on any atom is -0.334 e. The van der Waals surface area contributed by atoms with Gasteiger partial charge in [-0.3, -0.25) is 4.98 Å². The highest BCUT2D eigenvalue weighted by Gasteiger charge is 2.30. The van der Waals surface area contributed by atoms with Crippen molar-refractivity contribution < 1.29 is 13.2 Å². The molecule has 0 bridgehead atoms. The van der Waals surface area contributed by atoms with Crippen molar-refractivity contribution in [3.05, 3.63) is 59.4 Å². The number of hydrogen-bond donors (Lipinski definition) is 1. The molecule has 2 amide bonds. The van der Waals surface area contributed by atoms with Gasteiger partial charge in [0.2, 0.25) is 0 Å². The second-order valence-electron chi connectivity index (χ2n) is 6.63. The number of sulfone groups is 1. The van der Waals surface area contributed by atoms with Gasteiger partial charge in [-0.05, 0) is 49.6 Å². The lowest BCUT2D eigenvalue weighted by molar-refractivity contribution is 0.191. The Balaban J connectivity index is 1.64. The first-order valence-corrected chi connectivity index (χ1v) is 10.5.